The van der Waals surface area contributed by atoms with E-state index in [4.69, 9.17) is 28.9 Å². The fourth-order valence-corrected chi connectivity index (χ4v) is 1.39. The van der Waals surface area contributed by atoms with Crippen molar-refractivity contribution in [3.63, 3.8) is 0 Å². The predicted molar refractivity (Wildman–Crippen MR) is 53.6 cm³/mol. The van der Waals surface area contributed by atoms with Crippen molar-refractivity contribution >= 4 is 29.0 Å². The fourth-order valence-electron chi connectivity index (χ4n) is 0.949. The SMILES string of the molecule is Nc1nc(-n2cncn2)c(Cl)cc1Cl. The van der Waals surface area contributed by atoms with Crippen molar-refractivity contribution in [2.75, 3.05) is 5.73 Å². The van der Waals surface area contributed by atoms with Crippen LogP contribution in [0, 0.1) is 0 Å². The molecule has 0 spiro atoms. The number of hydrogen-bond acceptors (Lipinski definition) is 4. The molecule has 0 radical (unpaired) electrons. The van der Waals surface area contributed by atoms with E-state index in [0.29, 0.717) is 15.9 Å². The van der Waals surface area contributed by atoms with Crippen molar-refractivity contribution in [2.24, 2.45) is 0 Å². The summed E-state index contributed by atoms with van der Waals surface area (Å²) in [5, 5.41) is 4.57. The Balaban J connectivity index is 2.60. The van der Waals surface area contributed by atoms with Gasteiger partial charge in [0.25, 0.3) is 0 Å². The maximum atomic E-state index is 5.90. The van der Waals surface area contributed by atoms with Crippen molar-refractivity contribution in [3.05, 3.63) is 28.8 Å². The molecule has 0 saturated heterocycles. The van der Waals surface area contributed by atoms with Crippen molar-refractivity contribution in [3.8, 4) is 5.82 Å². The second-order valence-corrected chi connectivity index (χ2v) is 3.32. The molecule has 2 aromatic heterocycles. The molecular weight excluding hydrogens is 225 g/mol. The number of anilines is 1. The molecule has 2 rings (SSSR count). The average Bonchev–Trinajstić information content (AvgIpc) is 2.64. The minimum atomic E-state index is 0.210. The van der Waals surface area contributed by atoms with Gasteiger partial charge in [-0.2, -0.15) is 5.10 Å². The van der Waals surface area contributed by atoms with Crippen LogP contribution in [-0.4, -0.2) is 19.7 Å². The lowest BCUT2D eigenvalue weighted by atomic mass is 10.4. The summed E-state index contributed by atoms with van der Waals surface area (Å²) in [6.45, 7) is 0. The molecule has 2 aromatic rings. The molecule has 5 nitrogen and oxygen atoms in total. The number of nitrogen functional groups attached to an aromatic ring is 1. The maximum Gasteiger partial charge on any atom is 0.176 e. The molecule has 0 aliphatic rings. The smallest absolute Gasteiger partial charge is 0.176 e. The van der Waals surface area contributed by atoms with E-state index >= 15 is 0 Å². The quantitative estimate of drug-likeness (QED) is 0.806. The highest BCUT2D eigenvalue weighted by Crippen LogP contribution is 2.25. The lowest BCUT2D eigenvalue weighted by Gasteiger charge is -2.04. The summed E-state index contributed by atoms with van der Waals surface area (Å²) in [7, 11) is 0. The molecule has 0 aromatic carbocycles. The van der Waals surface area contributed by atoms with Crippen LogP contribution in [0.4, 0.5) is 5.82 Å². The molecule has 0 fully saturated rings. The van der Waals surface area contributed by atoms with E-state index in [2.05, 4.69) is 15.1 Å². The summed E-state index contributed by atoms with van der Waals surface area (Å²) < 4.78 is 1.41. The van der Waals surface area contributed by atoms with Gasteiger partial charge in [0.1, 0.15) is 18.5 Å². The minimum Gasteiger partial charge on any atom is -0.382 e. The highest BCUT2D eigenvalue weighted by molar-refractivity contribution is 6.36. The molecule has 0 saturated carbocycles. The Morgan fingerprint density at radius 1 is 1.29 bits per heavy atom. The Morgan fingerprint density at radius 3 is 2.71 bits per heavy atom. The summed E-state index contributed by atoms with van der Waals surface area (Å²) in [5.74, 6) is 0.618. The van der Waals surface area contributed by atoms with E-state index in [9.17, 15) is 0 Å². The van der Waals surface area contributed by atoms with Crippen LogP contribution >= 0.6 is 23.2 Å². The van der Waals surface area contributed by atoms with Crippen molar-refractivity contribution in [2.45, 2.75) is 0 Å². The lowest BCUT2D eigenvalue weighted by Crippen LogP contribution is -2.02. The molecule has 0 bridgehead atoms. The first-order valence-electron chi connectivity index (χ1n) is 3.65. The standard InChI is InChI=1S/C7H5Cl2N5/c8-4-1-5(9)7(13-6(4)10)14-3-11-2-12-14/h1-3H,(H2,10,13). The van der Waals surface area contributed by atoms with Gasteiger partial charge in [-0.1, -0.05) is 23.2 Å². The summed E-state index contributed by atoms with van der Waals surface area (Å²) in [6, 6.07) is 1.52. The van der Waals surface area contributed by atoms with E-state index in [1.165, 1.54) is 23.4 Å². The molecule has 72 valence electrons. The number of hydrogen-bond donors (Lipinski definition) is 1. The molecule has 2 N–H and O–H groups in total. The van der Waals surface area contributed by atoms with E-state index in [-0.39, 0.29) is 5.82 Å². The zero-order valence-electron chi connectivity index (χ0n) is 6.85. The summed E-state index contributed by atoms with van der Waals surface area (Å²) in [5.41, 5.74) is 5.53. The van der Waals surface area contributed by atoms with Crippen LogP contribution in [0.15, 0.2) is 18.7 Å². The maximum absolute atomic E-state index is 5.90. The molecule has 0 aliphatic heterocycles. The zero-order chi connectivity index (χ0) is 10.1. The number of aromatic nitrogens is 4. The predicted octanol–water partition coefficient (Wildman–Crippen LogP) is 1.55. The molecule has 0 unspecified atom stereocenters. The number of pyridine rings is 1. The number of rotatable bonds is 1. The van der Waals surface area contributed by atoms with Gasteiger partial charge in [0.15, 0.2) is 5.82 Å². The largest absolute Gasteiger partial charge is 0.382 e. The Morgan fingerprint density at radius 2 is 2.07 bits per heavy atom. The van der Waals surface area contributed by atoms with Gasteiger partial charge in [0.2, 0.25) is 0 Å². The Bertz CT molecular complexity index is 453. The van der Waals surface area contributed by atoms with Crippen molar-refractivity contribution in [1.82, 2.24) is 19.7 Å². The van der Waals surface area contributed by atoms with E-state index in [1.807, 2.05) is 0 Å². The monoisotopic (exact) mass is 229 g/mol. The van der Waals surface area contributed by atoms with Crippen LogP contribution in [0.3, 0.4) is 0 Å². The van der Waals surface area contributed by atoms with Crippen molar-refractivity contribution in [1.29, 1.82) is 0 Å². The molecule has 7 heteroatoms. The van der Waals surface area contributed by atoms with Crippen LogP contribution in [0.2, 0.25) is 10.0 Å². The third-order valence-electron chi connectivity index (χ3n) is 1.57. The normalized spacial score (nSPS) is 10.4. The molecule has 0 aliphatic carbocycles. The number of halogens is 2. The number of nitrogens with two attached hydrogens (primary N) is 1. The molecular formula is C7H5Cl2N5. The zero-order valence-corrected chi connectivity index (χ0v) is 8.37. The van der Waals surface area contributed by atoms with Gasteiger partial charge in [0, 0.05) is 0 Å². The van der Waals surface area contributed by atoms with Crippen LogP contribution in [-0.2, 0) is 0 Å². The first-order valence-corrected chi connectivity index (χ1v) is 4.40. The molecule has 14 heavy (non-hydrogen) atoms. The summed E-state index contributed by atoms with van der Waals surface area (Å²) in [4.78, 5) is 7.76. The first-order chi connectivity index (χ1) is 6.68. The van der Waals surface area contributed by atoms with Gasteiger partial charge in [-0.3, -0.25) is 0 Å². The topological polar surface area (TPSA) is 69.6 Å². The lowest BCUT2D eigenvalue weighted by molar-refractivity contribution is 0.847. The van der Waals surface area contributed by atoms with Gasteiger partial charge in [-0.05, 0) is 6.07 Å². The first kappa shape index (κ1) is 9.23. The van der Waals surface area contributed by atoms with E-state index in [0.717, 1.165) is 0 Å². The highest BCUT2D eigenvalue weighted by atomic mass is 35.5. The molecule has 0 amide bonds. The second-order valence-electron chi connectivity index (χ2n) is 2.50. The third-order valence-corrected chi connectivity index (χ3v) is 2.15. The summed E-state index contributed by atoms with van der Waals surface area (Å²) >= 11 is 11.6. The Hall–Kier alpha value is -1.33. The minimum absolute atomic E-state index is 0.210. The third kappa shape index (κ3) is 1.51. The Kier molecular flexibility index (Phi) is 2.26. The average molecular weight is 230 g/mol. The van der Waals surface area contributed by atoms with Gasteiger partial charge < -0.3 is 5.73 Å². The number of nitrogens with zero attached hydrogens (tertiary/aromatic N) is 4. The fraction of sp³-hybridized carbons (Fsp3) is 0. The van der Waals surface area contributed by atoms with Crippen LogP contribution in [0.25, 0.3) is 5.82 Å². The van der Waals surface area contributed by atoms with Crippen LogP contribution < -0.4 is 5.73 Å². The van der Waals surface area contributed by atoms with Crippen molar-refractivity contribution < 1.29 is 0 Å². The highest BCUT2D eigenvalue weighted by Gasteiger charge is 2.08. The van der Waals surface area contributed by atoms with E-state index < -0.39 is 0 Å². The van der Waals surface area contributed by atoms with Gasteiger partial charge in [-0.25, -0.2) is 14.6 Å². The second kappa shape index (κ2) is 3.43. The molecule has 2 heterocycles. The van der Waals surface area contributed by atoms with Gasteiger partial charge >= 0.3 is 0 Å². The van der Waals surface area contributed by atoms with Gasteiger partial charge in [0.05, 0.1) is 10.0 Å². The van der Waals surface area contributed by atoms with Gasteiger partial charge in [-0.15, -0.1) is 0 Å². The van der Waals surface area contributed by atoms with Crippen LogP contribution in [0.5, 0.6) is 0 Å². The van der Waals surface area contributed by atoms with E-state index in [1.54, 1.807) is 0 Å². The molecule has 0 atom stereocenters. The summed E-state index contributed by atoms with van der Waals surface area (Å²) in [6.07, 6.45) is 2.85. The van der Waals surface area contributed by atoms with Crippen LogP contribution in [0.1, 0.15) is 0 Å². The Labute approximate surface area is 89.5 Å².